The van der Waals surface area contributed by atoms with Crippen molar-refractivity contribution in [3.05, 3.63) is 64.7 Å². The number of benzene rings is 1. The maximum Gasteiger partial charge on any atom is 0.129 e. The molecule has 3 rings (SSSR count). The third kappa shape index (κ3) is 2.42. The molecule has 20 heavy (non-hydrogen) atoms. The van der Waals surface area contributed by atoms with E-state index >= 15 is 0 Å². The van der Waals surface area contributed by atoms with Crippen LogP contribution in [0.4, 0.5) is 8.78 Å². The van der Waals surface area contributed by atoms with Crippen molar-refractivity contribution < 1.29 is 8.78 Å². The van der Waals surface area contributed by atoms with Gasteiger partial charge in [0.15, 0.2) is 0 Å². The number of pyridine rings is 1. The van der Waals surface area contributed by atoms with Crippen molar-refractivity contribution in [2.24, 2.45) is 5.73 Å². The van der Waals surface area contributed by atoms with Crippen molar-refractivity contribution in [1.29, 1.82) is 0 Å². The fraction of sp³-hybridized carbons (Fsp3) is 0.133. The molecule has 0 saturated heterocycles. The van der Waals surface area contributed by atoms with Crippen LogP contribution in [0, 0.1) is 11.6 Å². The van der Waals surface area contributed by atoms with E-state index in [2.05, 4.69) is 4.98 Å². The summed E-state index contributed by atoms with van der Waals surface area (Å²) in [7, 11) is 0. The van der Waals surface area contributed by atoms with Crippen molar-refractivity contribution in [2.75, 3.05) is 0 Å². The van der Waals surface area contributed by atoms with E-state index < -0.39 is 17.7 Å². The van der Waals surface area contributed by atoms with Gasteiger partial charge in [0.25, 0.3) is 0 Å². The Morgan fingerprint density at radius 2 is 1.95 bits per heavy atom. The quantitative estimate of drug-likeness (QED) is 0.796. The monoisotopic (exact) mass is 290 g/mol. The molecule has 5 heteroatoms. The molecule has 2 aromatic heterocycles. The first-order valence-electron chi connectivity index (χ1n) is 6.17. The highest BCUT2D eigenvalue weighted by Gasteiger charge is 2.15. The van der Waals surface area contributed by atoms with Gasteiger partial charge in [-0.1, -0.05) is 6.07 Å². The van der Waals surface area contributed by atoms with Gasteiger partial charge in [-0.2, -0.15) is 0 Å². The zero-order chi connectivity index (χ0) is 14.1. The Morgan fingerprint density at radius 3 is 2.70 bits per heavy atom. The lowest BCUT2D eigenvalue weighted by Gasteiger charge is -2.13. The van der Waals surface area contributed by atoms with Crippen molar-refractivity contribution in [3.8, 4) is 0 Å². The highest BCUT2D eigenvalue weighted by atomic mass is 32.1. The lowest BCUT2D eigenvalue weighted by Crippen LogP contribution is -2.15. The predicted molar refractivity (Wildman–Crippen MR) is 76.6 cm³/mol. The lowest BCUT2D eigenvalue weighted by atomic mass is 10.00. The maximum absolute atomic E-state index is 13.6. The van der Waals surface area contributed by atoms with Gasteiger partial charge in [0.1, 0.15) is 11.6 Å². The highest BCUT2D eigenvalue weighted by Crippen LogP contribution is 2.25. The number of nitrogens with two attached hydrogens (primary N) is 1. The van der Waals surface area contributed by atoms with E-state index in [-0.39, 0.29) is 12.0 Å². The van der Waals surface area contributed by atoms with Crippen LogP contribution in [-0.4, -0.2) is 4.98 Å². The Balaban J connectivity index is 1.90. The third-order valence-electron chi connectivity index (χ3n) is 3.24. The predicted octanol–water partition coefficient (Wildman–Crippen LogP) is 3.82. The molecule has 0 amide bonds. The zero-order valence-electron chi connectivity index (χ0n) is 10.5. The molecule has 0 radical (unpaired) electrons. The van der Waals surface area contributed by atoms with Gasteiger partial charge >= 0.3 is 0 Å². The van der Waals surface area contributed by atoms with Gasteiger partial charge in [-0.15, -0.1) is 11.3 Å². The van der Waals surface area contributed by atoms with Crippen LogP contribution in [0.3, 0.4) is 0 Å². The molecular formula is C15H12F2N2S. The Hall–Kier alpha value is -1.85. The number of rotatable bonds is 3. The molecular weight excluding hydrogens is 278 g/mol. The Labute approximate surface area is 118 Å². The number of hydrogen-bond acceptors (Lipinski definition) is 3. The normalized spacial score (nSPS) is 12.8. The van der Waals surface area contributed by atoms with Crippen LogP contribution in [0.2, 0.25) is 0 Å². The molecule has 0 bridgehead atoms. The van der Waals surface area contributed by atoms with Gasteiger partial charge in [0.2, 0.25) is 0 Å². The second kappa shape index (κ2) is 5.26. The Morgan fingerprint density at radius 1 is 1.20 bits per heavy atom. The Kier molecular flexibility index (Phi) is 3.46. The molecule has 0 spiro atoms. The van der Waals surface area contributed by atoms with Gasteiger partial charge in [0, 0.05) is 17.8 Å². The summed E-state index contributed by atoms with van der Waals surface area (Å²) in [4.78, 5) is 4.29. The summed E-state index contributed by atoms with van der Waals surface area (Å²) in [5.41, 5.74) is 7.76. The van der Waals surface area contributed by atoms with Crippen molar-refractivity contribution in [3.63, 3.8) is 0 Å². The summed E-state index contributed by atoms with van der Waals surface area (Å²) in [6, 6.07) is 7.19. The summed E-state index contributed by atoms with van der Waals surface area (Å²) >= 11 is 1.57. The zero-order valence-corrected chi connectivity index (χ0v) is 11.3. The smallest absolute Gasteiger partial charge is 0.129 e. The Bertz CT molecular complexity index is 734. The molecule has 0 saturated carbocycles. The number of nitrogens with zero attached hydrogens (tertiary/aromatic N) is 1. The van der Waals surface area contributed by atoms with E-state index in [1.165, 1.54) is 18.2 Å². The van der Waals surface area contributed by atoms with E-state index in [0.29, 0.717) is 0 Å². The lowest BCUT2D eigenvalue weighted by molar-refractivity contribution is 0.539. The third-order valence-corrected chi connectivity index (χ3v) is 4.09. The summed E-state index contributed by atoms with van der Waals surface area (Å²) in [6.07, 6.45) is 1.77. The average Bonchev–Trinajstić information content (AvgIpc) is 2.90. The second-order valence-corrected chi connectivity index (χ2v) is 5.53. The van der Waals surface area contributed by atoms with E-state index in [1.54, 1.807) is 17.5 Å². The van der Waals surface area contributed by atoms with Crippen molar-refractivity contribution >= 4 is 21.6 Å². The van der Waals surface area contributed by atoms with Gasteiger partial charge in [-0.25, -0.2) is 8.78 Å². The highest BCUT2D eigenvalue weighted by molar-refractivity contribution is 7.17. The van der Waals surface area contributed by atoms with Crippen LogP contribution in [0.25, 0.3) is 10.2 Å². The van der Waals surface area contributed by atoms with Crippen molar-refractivity contribution in [2.45, 2.75) is 12.5 Å². The van der Waals surface area contributed by atoms with Gasteiger partial charge in [0.05, 0.1) is 10.2 Å². The van der Waals surface area contributed by atoms with Crippen LogP contribution in [0.1, 0.15) is 17.2 Å². The molecule has 0 aliphatic heterocycles. The molecule has 2 nitrogen and oxygen atoms in total. The maximum atomic E-state index is 13.6. The number of hydrogen-bond donors (Lipinski definition) is 1. The van der Waals surface area contributed by atoms with Crippen LogP contribution in [-0.2, 0) is 6.42 Å². The minimum Gasteiger partial charge on any atom is -0.324 e. The van der Waals surface area contributed by atoms with Crippen LogP contribution >= 0.6 is 11.3 Å². The van der Waals surface area contributed by atoms with Gasteiger partial charge in [-0.05, 0) is 41.6 Å². The molecule has 0 aliphatic carbocycles. The largest absolute Gasteiger partial charge is 0.324 e. The molecule has 2 N–H and O–H groups in total. The van der Waals surface area contributed by atoms with Crippen LogP contribution < -0.4 is 5.73 Å². The van der Waals surface area contributed by atoms with E-state index in [4.69, 9.17) is 5.73 Å². The number of halogens is 2. The minimum absolute atomic E-state index is 0.0197. The first-order valence-corrected chi connectivity index (χ1v) is 7.05. The molecule has 3 aromatic rings. The second-order valence-electron chi connectivity index (χ2n) is 4.58. The standard InChI is InChI=1S/C15H12F2N2S/c16-11-2-1-3-12(17)10(11)7-13(18)9-6-15-14(19-8-9)4-5-20-15/h1-6,8,13H,7,18H2. The summed E-state index contributed by atoms with van der Waals surface area (Å²) in [5.74, 6) is -1.13. The molecule has 1 unspecified atom stereocenters. The van der Waals surface area contributed by atoms with Crippen LogP contribution in [0.15, 0.2) is 41.9 Å². The number of thiophene rings is 1. The molecule has 0 fully saturated rings. The molecule has 1 aromatic carbocycles. The first kappa shape index (κ1) is 13.1. The summed E-state index contributed by atoms with van der Waals surface area (Å²) in [6.45, 7) is 0. The van der Waals surface area contributed by atoms with E-state index in [9.17, 15) is 8.78 Å². The molecule has 2 heterocycles. The average molecular weight is 290 g/mol. The fourth-order valence-corrected chi connectivity index (χ4v) is 2.92. The molecule has 1 atom stereocenters. The van der Waals surface area contributed by atoms with Gasteiger partial charge in [-0.3, -0.25) is 4.98 Å². The van der Waals surface area contributed by atoms with E-state index in [1.807, 2.05) is 17.5 Å². The van der Waals surface area contributed by atoms with Crippen LogP contribution in [0.5, 0.6) is 0 Å². The topological polar surface area (TPSA) is 38.9 Å². The number of aromatic nitrogens is 1. The molecule has 0 aliphatic rings. The fourth-order valence-electron chi connectivity index (χ4n) is 2.13. The summed E-state index contributed by atoms with van der Waals surface area (Å²) < 4.78 is 28.3. The summed E-state index contributed by atoms with van der Waals surface area (Å²) in [5, 5.41) is 1.95. The van der Waals surface area contributed by atoms with Crippen molar-refractivity contribution in [1.82, 2.24) is 4.98 Å². The first-order chi connectivity index (χ1) is 9.65. The van der Waals surface area contributed by atoms with E-state index in [0.717, 1.165) is 15.8 Å². The SMILES string of the molecule is NC(Cc1c(F)cccc1F)c1cnc2ccsc2c1. The molecule has 102 valence electrons. The number of fused-ring (bicyclic) bond motifs is 1. The minimum atomic E-state index is -0.564. The van der Waals surface area contributed by atoms with Gasteiger partial charge < -0.3 is 5.73 Å².